The van der Waals surface area contributed by atoms with E-state index in [9.17, 15) is 14.4 Å². The molecule has 0 bridgehead atoms. The highest BCUT2D eigenvalue weighted by molar-refractivity contribution is 6.02. The Labute approximate surface area is 160 Å². The number of amides is 1. The van der Waals surface area contributed by atoms with Crippen LogP contribution in [0, 0.1) is 0 Å². The Balaban J connectivity index is 1.63. The molecule has 0 aliphatic heterocycles. The maximum absolute atomic E-state index is 12.5. The first-order valence-corrected chi connectivity index (χ1v) is 8.40. The molecule has 1 amide bonds. The number of nitrogens with one attached hydrogen (secondary N) is 1. The van der Waals surface area contributed by atoms with Crippen LogP contribution in [0.15, 0.2) is 54.9 Å². The van der Waals surface area contributed by atoms with E-state index in [1.165, 1.54) is 24.9 Å². The van der Waals surface area contributed by atoms with Gasteiger partial charge in [0.2, 0.25) is 11.7 Å². The van der Waals surface area contributed by atoms with E-state index in [-0.39, 0.29) is 11.7 Å². The number of hydrogen-bond donors (Lipinski definition) is 1. The number of hydrogen-bond acceptors (Lipinski definition) is 7. The summed E-state index contributed by atoms with van der Waals surface area (Å²) in [5.41, 5.74) is 1.95. The fraction of sp³-hybridized carbons (Fsp3) is 0.158. The fourth-order valence-corrected chi connectivity index (χ4v) is 2.47. The van der Waals surface area contributed by atoms with Crippen molar-refractivity contribution in [1.82, 2.24) is 20.2 Å². The number of ether oxygens (including phenoxy) is 1. The highest BCUT2D eigenvalue weighted by atomic mass is 16.5. The maximum atomic E-state index is 12.5. The average Bonchev–Trinajstić information content (AvgIpc) is 3.22. The van der Waals surface area contributed by atoms with Gasteiger partial charge in [-0.05, 0) is 65.9 Å². The summed E-state index contributed by atoms with van der Waals surface area (Å²) in [7, 11) is 0. The molecule has 1 N–H and O–H groups in total. The molecule has 2 aromatic carbocycles. The molecule has 9 heteroatoms. The lowest BCUT2D eigenvalue weighted by Gasteiger charge is -2.13. The second-order valence-electron chi connectivity index (χ2n) is 5.97. The number of rotatable bonds is 6. The first-order valence-electron chi connectivity index (χ1n) is 8.40. The Kier molecular flexibility index (Phi) is 5.54. The number of carbonyl (C=O) groups excluding carboxylic acids is 3. The van der Waals surface area contributed by atoms with Gasteiger partial charge in [-0.25, -0.2) is 9.48 Å². The van der Waals surface area contributed by atoms with E-state index in [1.54, 1.807) is 48.5 Å². The molecular formula is C19H17N5O4. The zero-order valence-corrected chi connectivity index (χ0v) is 15.2. The number of anilines is 1. The molecule has 3 aromatic rings. The molecule has 0 saturated carbocycles. The predicted octanol–water partition coefficient (Wildman–Crippen LogP) is 2.05. The van der Waals surface area contributed by atoms with E-state index in [0.29, 0.717) is 22.5 Å². The van der Waals surface area contributed by atoms with Crippen LogP contribution in [0.25, 0.3) is 5.69 Å². The minimum Gasteiger partial charge on any atom is -0.451 e. The lowest BCUT2D eigenvalue weighted by molar-refractivity contribution is -0.114. The Morgan fingerprint density at radius 1 is 1.00 bits per heavy atom. The number of ketones is 1. The van der Waals surface area contributed by atoms with Crippen molar-refractivity contribution in [2.75, 3.05) is 5.32 Å². The van der Waals surface area contributed by atoms with Crippen molar-refractivity contribution in [2.45, 2.75) is 20.0 Å². The fourth-order valence-electron chi connectivity index (χ4n) is 2.47. The molecule has 1 aromatic heterocycles. The summed E-state index contributed by atoms with van der Waals surface area (Å²) < 4.78 is 6.72. The van der Waals surface area contributed by atoms with Gasteiger partial charge in [-0.3, -0.25) is 9.59 Å². The van der Waals surface area contributed by atoms with E-state index >= 15 is 0 Å². The van der Waals surface area contributed by atoms with Crippen molar-refractivity contribution in [3.05, 3.63) is 66.0 Å². The van der Waals surface area contributed by atoms with Gasteiger partial charge >= 0.3 is 5.97 Å². The number of nitrogens with zero attached hydrogens (tertiary/aromatic N) is 4. The Hall–Kier alpha value is -3.88. The molecule has 0 radical (unpaired) electrons. The Morgan fingerprint density at radius 2 is 1.64 bits per heavy atom. The summed E-state index contributed by atoms with van der Waals surface area (Å²) in [4.78, 5) is 35.8. The van der Waals surface area contributed by atoms with Gasteiger partial charge in [0, 0.05) is 18.2 Å². The summed E-state index contributed by atoms with van der Waals surface area (Å²) >= 11 is 0. The second kappa shape index (κ2) is 8.21. The van der Waals surface area contributed by atoms with Crippen molar-refractivity contribution in [2.24, 2.45) is 0 Å². The van der Waals surface area contributed by atoms with Crippen molar-refractivity contribution >= 4 is 23.3 Å². The van der Waals surface area contributed by atoms with Crippen molar-refractivity contribution in [3.63, 3.8) is 0 Å². The molecule has 0 aliphatic carbocycles. The molecule has 0 unspecified atom stereocenters. The minimum atomic E-state index is -0.960. The summed E-state index contributed by atoms with van der Waals surface area (Å²) in [6.07, 6.45) is 0.476. The summed E-state index contributed by atoms with van der Waals surface area (Å²) in [6, 6.07) is 12.8. The molecule has 0 fully saturated rings. The number of carbonyl (C=O) groups is 3. The smallest absolute Gasteiger partial charge is 0.338 e. The molecule has 142 valence electrons. The van der Waals surface area contributed by atoms with Crippen LogP contribution in [0.5, 0.6) is 0 Å². The van der Waals surface area contributed by atoms with Gasteiger partial charge in [0.1, 0.15) is 6.33 Å². The van der Waals surface area contributed by atoms with Gasteiger partial charge in [0.15, 0.2) is 6.10 Å². The van der Waals surface area contributed by atoms with Gasteiger partial charge in [0.05, 0.1) is 11.3 Å². The number of aromatic nitrogens is 4. The van der Waals surface area contributed by atoms with E-state index in [4.69, 9.17) is 4.74 Å². The van der Waals surface area contributed by atoms with E-state index < -0.39 is 12.1 Å². The van der Waals surface area contributed by atoms with Crippen LogP contribution in [0.3, 0.4) is 0 Å². The monoisotopic (exact) mass is 379 g/mol. The molecular weight excluding hydrogens is 362 g/mol. The van der Waals surface area contributed by atoms with Crippen LogP contribution in [-0.4, -0.2) is 44.0 Å². The SMILES string of the molecule is CC(=O)Nc1ccc(C(=O)[C@@H](C)OC(=O)c2ccc(-n3cnnn3)cc2)cc1. The first-order chi connectivity index (χ1) is 13.4. The van der Waals surface area contributed by atoms with Crippen molar-refractivity contribution in [1.29, 1.82) is 0 Å². The zero-order valence-electron chi connectivity index (χ0n) is 15.2. The van der Waals surface area contributed by atoms with Crippen LogP contribution in [0.1, 0.15) is 34.6 Å². The summed E-state index contributed by atoms with van der Waals surface area (Å²) in [5, 5.41) is 13.5. The van der Waals surface area contributed by atoms with E-state index in [1.807, 2.05) is 0 Å². The third kappa shape index (κ3) is 4.44. The van der Waals surface area contributed by atoms with Gasteiger partial charge in [-0.2, -0.15) is 0 Å². The largest absolute Gasteiger partial charge is 0.451 e. The summed E-state index contributed by atoms with van der Waals surface area (Å²) in [5.74, 6) is -1.15. The lowest BCUT2D eigenvalue weighted by atomic mass is 10.1. The van der Waals surface area contributed by atoms with Gasteiger partial charge in [-0.15, -0.1) is 5.10 Å². The molecule has 3 rings (SSSR count). The van der Waals surface area contributed by atoms with Crippen molar-refractivity contribution < 1.29 is 19.1 Å². The number of esters is 1. The molecule has 1 atom stereocenters. The molecule has 1 heterocycles. The topological polar surface area (TPSA) is 116 Å². The first kappa shape index (κ1) is 18.9. The van der Waals surface area contributed by atoms with Crippen LogP contribution < -0.4 is 5.32 Å². The van der Waals surface area contributed by atoms with E-state index in [2.05, 4.69) is 20.8 Å². The van der Waals surface area contributed by atoms with Crippen LogP contribution >= 0.6 is 0 Å². The predicted molar refractivity (Wildman–Crippen MR) is 99.1 cm³/mol. The molecule has 0 aliphatic rings. The van der Waals surface area contributed by atoms with Gasteiger partial charge in [0.25, 0.3) is 0 Å². The van der Waals surface area contributed by atoms with Crippen LogP contribution in [0.4, 0.5) is 5.69 Å². The van der Waals surface area contributed by atoms with E-state index in [0.717, 1.165) is 0 Å². The lowest BCUT2D eigenvalue weighted by Crippen LogP contribution is -2.24. The zero-order chi connectivity index (χ0) is 20.1. The number of benzene rings is 2. The van der Waals surface area contributed by atoms with Gasteiger partial charge in [-0.1, -0.05) is 0 Å². The molecule has 0 saturated heterocycles. The van der Waals surface area contributed by atoms with Crippen molar-refractivity contribution in [3.8, 4) is 5.69 Å². The maximum Gasteiger partial charge on any atom is 0.338 e. The van der Waals surface area contributed by atoms with Gasteiger partial charge < -0.3 is 10.1 Å². The third-order valence-electron chi connectivity index (χ3n) is 3.86. The molecule has 0 spiro atoms. The third-order valence-corrected chi connectivity index (χ3v) is 3.86. The standard InChI is InChI=1S/C19H17N5O4/c1-12(18(26)14-3-7-16(8-4-14)21-13(2)25)28-19(27)15-5-9-17(10-6-15)24-11-20-22-23-24/h3-12H,1-2H3,(H,21,25)/t12-/m1/s1. The van der Waals surface area contributed by atoms with Crippen LogP contribution in [0.2, 0.25) is 0 Å². The second-order valence-corrected chi connectivity index (χ2v) is 5.97. The highest BCUT2D eigenvalue weighted by Gasteiger charge is 2.20. The normalized spacial score (nSPS) is 11.5. The average molecular weight is 379 g/mol. The quantitative estimate of drug-likeness (QED) is 0.515. The molecule has 28 heavy (non-hydrogen) atoms. The van der Waals surface area contributed by atoms with Crippen LogP contribution in [-0.2, 0) is 9.53 Å². The Bertz CT molecular complexity index is 982. The minimum absolute atomic E-state index is 0.201. The Morgan fingerprint density at radius 3 is 2.21 bits per heavy atom. The number of tetrazole rings is 1. The highest BCUT2D eigenvalue weighted by Crippen LogP contribution is 2.14. The number of Topliss-reactive ketones (excluding diaryl/α,β-unsaturated/α-hetero) is 1. The molecule has 9 nitrogen and oxygen atoms in total. The summed E-state index contributed by atoms with van der Waals surface area (Å²) in [6.45, 7) is 2.91.